The molecule has 0 heterocycles. The highest BCUT2D eigenvalue weighted by Gasteiger charge is 2.39. The first-order valence-electron chi connectivity index (χ1n) is 5.92. The number of hydrogen-bond acceptors (Lipinski definition) is 2. The third-order valence-corrected chi connectivity index (χ3v) is 3.41. The van der Waals surface area contributed by atoms with Crippen molar-refractivity contribution in [3.8, 4) is 0 Å². The Kier molecular flexibility index (Phi) is 3.36. The lowest BCUT2D eigenvalue weighted by molar-refractivity contribution is -0.123. The molecule has 3 heteroatoms. The molecule has 1 aliphatic carbocycles. The Morgan fingerprint density at radius 2 is 2.24 bits per heavy atom. The summed E-state index contributed by atoms with van der Waals surface area (Å²) < 4.78 is 13.3. The number of nitrogens with zero attached hydrogens (tertiary/aromatic N) is 1. The van der Waals surface area contributed by atoms with Crippen molar-refractivity contribution in [2.45, 2.75) is 31.1 Å². The van der Waals surface area contributed by atoms with Crippen LogP contribution in [0.25, 0.3) is 0 Å². The van der Waals surface area contributed by atoms with Crippen LogP contribution in [0.15, 0.2) is 29.3 Å². The van der Waals surface area contributed by atoms with Gasteiger partial charge < -0.3 is 0 Å². The molecule has 1 saturated carbocycles. The van der Waals surface area contributed by atoms with Crippen molar-refractivity contribution in [3.05, 3.63) is 35.6 Å². The maximum absolute atomic E-state index is 13.3. The molecule has 1 aromatic carbocycles. The van der Waals surface area contributed by atoms with E-state index in [9.17, 15) is 9.18 Å². The lowest BCUT2D eigenvalue weighted by Gasteiger charge is -2.32. The summed E-state index contributed by atoms with van der Waals surface area (Å²) in [5.74, 6) is -0.148. The first-order chi connectivity index (χ1) is 8.19. The Bertz CT molecular complexity index is 455. The van der Waals surface area contributed by atoms with E-state index in [4.69, 9.17) is 0 Å². The molecule has 1 atom stereocenters. The maximum Gasteiger partial charge on any atom is 0.148 e. The van der Waals surface area contributed by atoms with Crippen LogP contribution < -0.4 is 0 Å². The van der Waals surface area contributed by atoms with Crippen molar-refractivity contribution in [1.82, 2.24) is 0 Å². The Balaban J connectivity index is 2.50. The normalized spacial score (nSPS) is 25.4. The molecule has 0 aliphatic heterocycles. The fourth-order valence-electron chi connectivity index (χ4n) is 2.55. The molecule has 0 unspecified atom stereocenters. The summed E-state index contributed by atoms with van der Waals surface area (Å²) >= 11 is 0. The molecular formula is C14H16FNO. The molecule has 2 rings (SSSR count). The third-order valence-electron chi connectivity index (χ3n) is 3.41. The molecule has 0 N–H and O–H groups in total. The highest BCUT2D eigenvalue weighted by Crippen LogP contribution is 2.35. The van der Waals surface area contributed by atoms with Gasteiger partial charge >= 0.3 is 0 Å². The zero-order valence-corrected chi connectivity index (χ0v) is 9.95. The standard InChI is InChI=1S/C14H16FNO/c1-16-10-14(8-3-2-7-13(14)17)11-5-4-6-12(15)9-11/h4-6,9-10H,2-3,7-8H2,1H3/b16-10+/t14-/m0/s1. The zero-order valence-electron chi connectivity index (χ0n) is 9.95. The summed E-state index contributed by atoms with van der Waals surface area (Å²) in [5, 5.41) is 0. The molecule has 1 fully saturated rings. The van der Waals surface area contributed by atoms with Gasteiger partial charge in [0.2, 0.25) is 0 Å². The molecule has 0 spiro atoms. The molecular weight excluding hydrogens is 217 g/mol. The number of carbonyl (C=O) groups is 1. The van der Waals surface area contributed by atoms with Crippen molar-refractivity contribution in [2.24, 2.45) is 4.99 Å². The van der Waals surface area contributed by atoms with Crippen LogP contribution in [0.2, 0.25) is 0 Å². The average Bonchev–Trinajstić information content (AvgIpc) is 2.32. The number of Topliss-reactive ketones (excluding diaryl/α,β-unsaturated/α-hetero) is 1. The summed E-state index contributed by atoms with van der Waals surface area (Å²) in [6, 6.07) is 6.31. The van der Waals surface area contributed by atoms with E-state index in [1.807, 2.05) is 6.07 Å². The highest BCUT2D eigenvalue weighted by atomic mass is 19.1. The van der Waals surface area contributed by atoms with Gasteiger partial charge in [0.25, 0.3) is 0 Å². The molecule has 0 aromatic heterocycles. The smallest absolute Gasteiger partial charge is 0.148 e. The van der Waals surface area contributed by atoms with E-state index in [1.54, 1.807) is 19.3 Å². The van der Waals surface area contributed by atoms with Crippen molar-refractivity contribution in [3.63, 3.8) is 0 Å². The maximum atomic E-state index is 13.3. The van der Waals surface area contributed by atoms with E-state index in [1.165, 1.54) is 12.1 Å². The minimum Gasteiger partial charge on any atom is -0.299 e. The molecule has 1 aromatic rings. The largest absolute Gasteiger partial charge is 0.299 e. The number of carbonyl (C=O) groups excluding carboxylic acids is 1. The lowest BCUT2D eigenvalue weighted by atomic mass is 9.69. The van der Waals surface area contributed by atoms with E-state index >= 15 is 0 Å². The van der Waals surface area contributed by atoms with Gasteiger partial charge in [-0.05, 0) is 30.5 Å². The summed E-state index contributed by atoms with van der Waals surface area (Å²) in [5.41, 5.74) is 0.0301. The molecule has 0 radical (unpaired) electrons. The lowest BCUT2D eigenvalue weighted by Crippen LogP contribution is -2.40. The van der Waals surface area contributed by atoms with Gasteiger partial charge in [0.1, 0.15) is 11.6 Å². The average molecular weight is 233 g/mol. The fraction of sp³-hybridized carbons (Fsp3) is 0.429. The molecule has 0 saturated heterocycles. The van der Waals surface area contributed by atoms with Crippen LogP contribution >= 0.6 is 0 Å². The summed E-state index contributed by atoms with van der Waals surface area (Å²) in [4.78, 5) is 16.2. The summed E-state index contributed by atoms with van der Waals surface area (Å²) in [7, 11) is 1.66. The molecule has 1 aliphatic rings. The number of benzene rings is 1. The Hall–Kier alpha value is -1.51. The summed E-state index contributed by atoms with van der Waals surface area (Å²) in [6.07, 6.45) is 4.88. The predicted octanol–water partition coefficient (Wildman–Crippen LogP) is 2.91. The first kappa shape index (κ1) is 12.0. The van der Waals surface area contributed by atoms with E-state index in [-0.39, 0.29) is 11.6 Å². The molecule has 0 bridgehead atoms. The fourth-order valence-corrected chi connectivity index (χ4v) is 2.55. The van der Waals surface area contributed by atoms with Gasteiger partial charge in [0.05, 0.1) is 5.41 Å². The van der Waals surface area contributed by atoms with Gasteiger partial charge in [0.15, 0.2) is 0 Å². The van der Waals surface area contributed by atoms with Gasteiger partial charge in [0, 0.05) is 19.7 Å². The monoisotopic (exact) mass is 233 g/mol. The van der Waals surface area contributed by atoms with Crippen LogP contribution in [0.5, 0.6) is 0 Å². The van der Waals surface area contributed by atoms with Gasteiger partial charge in [-0.25, -0.2) is 4.39 Å². The number of aliphatic imine (C=N–C) groups is 1. The third kappa shape index (κ3) is 2.14. The van der Waals surface area contributed by atoms with Crippen LogP contribution in [0.1, 0.15) is 31.2 Å². The van der Waals surface area contributed by atoms with Crippen LogP contribution in [-0.4, -0.2) is 19.0 Å². The van der Waals surface area contributed by atoms with Crippen molar-refractivity contribution in [1.29, 1.82) is 0 Å². The minimum atomic E-state index is -0.699. The van der Waals surface area contributed by atoms with Gasteiger partial charge in [-0.3, -0.25) is 9.79 Å². The first-order valence-corrected chi connectivity index (χ1v) is 5.92. The van der Waals surface area contributed by atoms with E-state index in [0.717, 1.165) is 24.8 Å². The topological polar surface area (TPSA) is 29.4 Å². The van der Waals surface area contributed by atoms with Crippen molar-refractivity contribution in [2.75, 3.05) is 7.05 Å². The number of ketones is 1. The van der Waals surface area contributed by atoms with Crippen molar-refractivity contribution >= 4 is 12.0 Å². The van der Waals surface area contributed by atoms with Crippen LogP contribution in [0.3, 0.4) is 0 Å². The van der Waals surface area contributed by atoms with E-state index in [2.05, 4.69) is 4.99 Å². The van der Waals surface area contributed by atoms with Gasteiger partial charge in [-0.15, -0.1) is 0 Å². The van der Waals surface area contributed by atoms with Crippen LogP contribution in [-0.2, 0) is 10.2 Å². The van der Waals surface area contributed by atoms with Crippen molar-refractivity contribution < 1.29 is 9.18 Å². The van der Waals surface area contributed by atoms with E-state index < -0.39 is 5.41 Å². The second kappa shape index (κ2) is 4.78. The second-order valence-electron chi connectivity index (χ2n) is 4.50. The number of halogens is 1. The van der Waals surface area contributed by atoms with Gasteiger partial charge in [-0.2, -0.15) is 0 Å². The Morgan fingerprint density at radius 1 is 1.41 bits per heavy atom. The Morgan fingerprint density at radius 3 is 2.88 bits per heavy atom. The molecule has 0 amide bonds. The molecule has 2 nitrogen and oxygen atoms in total. The molecule has 90 valence electrons. The Labute approximate surface area is 101 Å². The predicted molar refractivity (Wildman–Crippen MR) is 66.0 cm³/mol. The second-order valence-corrected chi connectivity index (χ2v) is 4.50. The number of hydrogen-bond donors (Lipinski definition) is 0. The van der Waals surface area contributed by atoms with E-state index in [0.29, 0.717) is 6.42 Å². The van der Waals surface area contributed by atoms with Crippen LogP contribution in [0, 0.1) is 5.82 Å². The zero-order chi connectivity index (χ0) is 12.3. The quantitative estimate of drug-likeness (QED) is 0.722. The van der Waals surface area contributed by atoms with Crippen LogP contribution in [0.4, 0.5) is 4.39 Å². The highest BCUT2D eigenvalue weighted by molar-refractivity contribution is 6.06. The summed E-state index contributed by atoms with van der Waals surface area (Å²) in [6.45, 7) is 0. The number of rotatable bonds is 2. The SMILES string of the molecule is C/N=C/[C@]1(c2cccc(F)c2)CCCCC1=O. The van der Waals surface area contributed by atoms with Gasteiger partial charge in [-0.1, -0.05) is 18.6 Å². The minimum absolute atomic E-state index is 0.153. The molecule has 17 heavy (non-hydrogen) atoms.